The van der Waals surface area contributed by atoms with Crippen molar-refractivity contribution < 1.29 is 37.4 Å². The molecule has 2 aliphatic heterocycles. The van der Waals surface area contributed by atoms with E-state index in [4.69, 9.17) is 13.8 Å². The molecular weight excluding hydrogens is 454 g/mol. The first-order valence-corrected chi connectivity index (χ1v) is 12.3. The van der Waals surface area contributed by atoms with Crippen LogP contribution in [0.2, 0.25) is 0 Å². The molecule has 0 bridgehead atoms. The lowest BCUT2D eigenvalue weighted by Gasteiger charge is -2.29. The number of rotatable bonds is 9. The Morgan fingerprint density at radius 1 is 1.27 bits per heavy atom. The van der Waals surface area contributed by atoms with E-state index in [1.54, 1.807) is 30.3 Å². The molecule has 3 rings (SSSR count). The van der Waals surface area contributed by atoms with Crippen LogP contribution in [-0.2, 0) is 23.4 Å². The minimum atomic E-state index is -3.95. The zero-order valence-electron chi connectivity index (χ0n) is 18.9. The number of halogens is 1. The molecular formula is C22H30FN2O7P. The molecule has 2 amide bonds. The smallest absolute Gasteiger partial charge is 0.413 e. The van der Waals surface area contributed by atoms with Crippen molar-refractivity contribution in [1.29, 1.82) is 0 Å². The van der Waals surface area contributed by atoms with Crippen LogP contribution in [0.3, 0.4) is 0 Å². The number of hydrogen-bond donors (Lipinski definition) is 3. The summed E-state index contributed by atoms with van der Waals surface area (Å²) in [5.74, 6) is -2.05. The van der Waals surface area contributed by atoms with Crippen molar-refractivity contribution in [2.75, 3.05) is 6.61 Å². The molecule has 3 N–H and O–H groups in total. The van der Waals surface area contributed by atoms with E-state index in [1.807, 2.05) is 20.8 Å². The van der Waals surface area contributed by atoms with Crippen LogP contribution >= 0.6 is 7.75 Å². The molecule has 0 spiro atoms. The molecule has 0 radical (unpaired) electrons. The number of amides is 2. The molecule has 182 valence electrons. The van der Waals surface area contributed by atoms with Crippen LogP contribution in [0.5, 0.6) is 5.75 Å². The van der Waals surface area contributed by atoms with E-state index in [2.05, 4.69) is 10.4 Å². The lowest BCUT2D eigenvalue weighted by atomic mass is 9.85. The van der Waals surface area contributed by atoms with E-state index in [1.165, 1.54) is 6.08 Å². The zero-order valence-corrected chi connectivity index (χ0v) is 19.8. The molecule has 11 heteroatoms. The first-order chi connectivity index (χ1) is 15.4. The molecule has 2 heterocycles. The van der Waals surface area contributed by atoms with E-state index in [0.29, 0.717) is 5.75 Å². The largest absolute Gasteiger partial charge is 0.459 e. The summed E-state index contributed by atoms with van der Waals surface area (Å²) in [7, 11) is -3.95. The normalized spacial score (nSPS) is 32.5. The topological polar surface area (TPSA) is 123 Å². The van der Waals surface area contributed by atoms with E-state index in [-0.39, 0.29) is 12.0 Å². The number of aliphatic hydroxyl groups is 1. The molecule has 1 aromatic carbocycles. The Morgan fingerprint density at radius 2 is 1.94 bits per heavy atom. The van der Waals surface area contributed by atoms with Gasteiger partial charge >= 0.3 is 7.75 Å². The maximum absolute atomic E-state index is 15.4. The second kappa shape index (κ2) is 10.0. The average Bonchev–Trinajstić information content (AvgIpc) is 2.96. The van der Waals surface area contributed by atoms with E-state index >= 15 is 4.39 Å². The summed E-state index contributed by atoms with van der Waals surface area (Å²) >= 11 is 0. The predicted molar refractivity (Wildman–Crippen MR) is 118 cm³/mol. The Morgan fingerprint density at radius 3 is 2.55 bits per heavy atom. The van der Waals surface area contributed by atoms with Crippen molar-refractivity contribution in [2.45, 2.75) is 57.7 Å². The summed E-state index contributed by atoms with van der Waals surface area (Å²) < 4.78 is 45.8. The van der Waals surface area contributed by atoms with Gasteiger partial charge in [-0.3, -0.25) is 19.4 Å². The number of nitrogens with one attached hydrogen (secondary N) is 2. The second-order valence-corrected chi connectivity index (χ2v) is 10.5. The first-order valence-electron chi connectivity index (χ1n) is 10.8. The highest BCUT2D eigenvalue weighted by Crippen LogP contribution is 2.47. The van der Waals surface area contributed by atoms with E-state index < -0.39 is 56.1 Å². The van der Waals surface area contributed by atoms with Crippen LogP contribution in [0.1, 0.15) is 27.7 Å². The highest BCUT2D eigenvalue weighted by molar-refractivity contribution is 7.52. The highest BCUT2D eigenvalue weighted by Gasteiger charge is 2.58. The number of hydrogen-bond acceptors (Lipinski definition) is 7. The third-order valence-corrected chi connectivity index (χ3v) is 7.54. The zero-order chi connectivity index (χ0) is 24.4. The van der Waals surface area contributed by atoms with Gasteiger partial charge in [0.2, 0.25) is 11.8 Å². The van der Waals surface area contributed by atoms with Crippen molar-refractivity contribution in [3.8, 4) is 5.75 Å². The van der Waals surface area contributed by atoms with E-state index in [0.717, 1.165) is 13.0 Å². The summed E-state index contributed by atoms with van der Waals surface area (Å²) in [6.45, 7) is 6.33. The molecule has 33 heavy (non-hydrogen) atoms. The summed E-state index contributed by atoms with van der Waals surface area (Å²) in [5.41, 5.74) is -2.33. The molecule has 2 aliphatic rings. The number of carbonyl (C=O) groups is 2. The Bertz CT molecular complexity index is 940. The highest BCUT2D eigenvalue weighted by atomic mass is 31.2. The summed E-state index contributed by atoms with van der Waals surface area (Å²) in [5, 5.41) is 15.5. The Balaban J connectivity index is 1.75. The van der Waals surface area contributed by atoms with Crippen LogP contribution < -0.4 is 14.9 Å². The Kier molecular flexibility index (Phi) is 7.76. The number of aliphatic hydroxyl groups excluding tert-OH is 1. The number of ether oxygens (including phenoxy) is 1. The Hall–Kier alpha value is -2.10. The lowest BCUT2D eigenvalue weighted by Crippen LogP contribution is -2.50. The van der Waals surface area contributed by atoms with Crippen molar-refractivity contribution in [1.82, 2.24) is 10.4 Å². The molecule has 7 atom stereocenters. The third-order valence-electron chi connectivity index (χ3n) is 5.88. The Labute approximate surface area is 192 Å². The minimum absolute atomic E-state index is 0.104. The fraction of sp³-hybridized carbons (Fsp3) is 0.545. The van der Waals surface area contributed by atoms with Crippen molar-refractivity contribution >= 4 is 19.6 Å². The van der Waals surface area contributed by atoms with Crippen molar-refractivity contribution in [3.63, 3.8) is 0 Å². The van der Waals surface area contributed by atoms with Gasteiger partial charge in [0.1, 0.15) is 24.1 Å². The summed E-state index contributed by atoms with van der Waals surface area (Å²) in [4.78, 5) is 23.5. The molecule has 0 aromatic heterocycles. The molecule has 1 saturated heterocycles. The van der Waals surface area contributed by atoms with Gasteiger partial charge in [-0.15, -0.1) is 0 Å². The van der Waals surface area contributed by atoms with Gasteiger partial charge in [0.15, 0.2) is 5.67 Å². The van der Waals surface area contributed by atoms with Gasteiger partial charge in [-0.25, -0.2) is 14.0 Å². The monoisotopic (exact) mass is 484 g/mol. The molecule has 0 aliphatic carbocycles. The first kappa shape index (κ1) is 25.5. The van der Waals surface area contributed by atoms with Gasteiger partial charge < -0.3 is 14.4 Å². The number of alkyl halides is 1. The SMILES string of the molecule is CC(C)C(C)NP(=O)(OC[C@H]1OC(C2C=CC(=O)NC2=O)[C@](C)(F)C1O)Oc1ccccc1. The third kappa shape index (κ3) is 5.88. The average molecular weight is 484 g/mol. The molecule has 1 fully saturated rings. The molecule has 1 aromatic rings. The van der Waals surface area contributed by atoms with Gasteiger partial charge in [0.25, 0.3) is 0 Å². The van der Waals surface area contributed by atoms with Crippen molar-refractivity contribution in [3.05, 3.63) is 42.5 Å². The maximum Gasteiger partial charge on any atom is 0.459 e. The van der Waals surface area contributed by atoms with Crippen LogP contribution in [0.15, 0.2) is 42.5 Å². The van der Waals surface area contributed by atoms with Crippen LogP contribution in [0, 0.1) is 11.8 Å². The predicted octanol–water partition coefficient (Wildman–Crippen LogP) is 2.51. The minimum Gasteiger partial charge on any atom is -0.413 e. The van der Waals surface area contributed by atoms with Crippen molar-refractivity contribution in [2.24, 2.45) is 11.8 Å². The maximum atomic E-state index is 15.4. The standard InChI is InChI=1S/C22H30FN2O7P/c1-13(2)14(3)25-33(29,32-15-8-6-5-7-9-15)30-12-17-19(27)22(4,23)20(31-17)16-10-11-18(26)24-21(16)28/h5-11,13-14,16-17,19-20,27H,12H2,1-4H3,(H,25,29)(H,24,26,28)/t14?,16?,17-,19?,20?,22-,33?/m1/s1. The summed E-state index contributed by atoms with van der Waals surface area (Å²) in [6.07, 6.45) is -1.92. The van der Waals surface area contributed by atoms with Gasteiger partial charge in [0, 0.05) is 12.1 Å². The second-order valence-electron chi connectivity index (χ2n) is 8.79. The van der Waals surface area contributed by atoms with Crippen LogP contribution in [0.25, 0.3) is 0 Å². The fourth-order valence-corrected chi connectivity index (χ4v) is 5.26. The molecule has 5 unspecified atom stereocenters. The molecule has 0 saturated carbocycles. The quantitative estimate of drug-likeness (QED) is 0.361. The summed E-state index contributed by atoms with van der Waals surface area (Å²) in [6, 6.07) is 8.17. The van der Waals surface area contributed by atoms with Gasteiger partial charge in [0.05, 0.1) is 12.5 Å². The number of benzene rings is 1. The fourth-order valence-electron chi connectivity index (χ4n) is 3.54. The molecule has 9 nitrogen and oxygen atoms in total. The van der Waals surface area contributed by atoms with Crippen LogP contribution in [0.4, 0.5) is 4.39 Å². The number of carbonyl (C=O) groups excluding carboxylic acids is 2. The number of para-hydroxylation sites is 1. The van der Waals surface area contributed by atoms with E-state index in [9.17, 15) is 19.3 Å². The lowest BCUT2D eigenvalue weighted by molar-refractivity contribution is -0.136. The van der Waals surface area contributed by atoms with Gasteiger partial charge in [-0.1, -0.05) is 38.1 Å². The number of imide groups is 1. The van der Waals surface area contributed by atoms with Gasteiger partial charge in [-0.2, -0.15) is 0 Å². The van der Waals surface area contributed by atoms with Gasteiger partial charge in [-0.05, 0) is 31.9 Å². The van der Waals surface area contributed by atoms with Crippen LogP contribution in [-0.4, -0.2) is 53.6 Å².